The van der Waals surface area contributed by atoms with Crippen LogP contribution in [0.4, 0.5) is 17.1 Å². The number of sulfone groups is 1. The van der Waals surface area contributed by atoms with Crippen LogP contribution in [0, 0.1) is 10.1 Å². The SMILES string of the molecule is CS(=O)(=O)c1ccccc1NC(=O)c1ccc(N2CCCC2)c([N+](=O)[O-])c1. The summed E-state index contributed by atoms with van der Waals surface area (Å²) in [6, 6.07) is 10.3. The van der Waals surface area contributed by atoms with Crippen LogP contribution in [0.5, 0.6) is 0 Å². The zero-order valence-electron chi connectivity index (χ0n) is 14.7. The number of nitro benzene ring substituents is 1. The molecule has 0 atom stereocenters. The van der Waals surface area contributed by atoms with Gasteiger partial charge in [0, 0.05) is 31.0 Å². The van der Waals surface area contributed by atoms with E-state index in [2.05, 4.69) is 5.32 Å². The normalized spacial score (nSPS) is 14.2. The van der Waals surface area contributed by atoms with Crippen LogP contribution in [0.25, 0.3) is 0 Å². The molecule has 0 aliphatic carbocycles. The molecule has 0 radical (unpaired) electrons. The number of nitrogens with zero attached hydrogens (tertiary/aromatic N) is 2. The van der Waals surface area contributed by atoms with Crippen molar-refractivity contribution in [3.8, 4) is 0 Å². The molecule has 142 valence electrons. The van der Waals surface area contributed by atoms with E-state index in [1.54, 1.807) is 18.2 Å². The molecule has 27 heavy (non-hydrogen) atoms. The third kappa shape index (κ3) is 4.08. The van der Waals surface area contributed by atoms with E-state index < -0.39 is 20.7 Å². The Kier molecular flexibility index (Phi) is 5.13. The summed E-state index contributed by atoms with van der Waals surface area (Å²) in [7, 11) is -3.53. The molecular formula is C18H19N3O5S. The number of hydrogen-bond donors (Lipinski definition) is 1. The van der Waals surface area contributed by atoms with Gasteiger partial charge in [-0.2, -0.15) is 0 Å². The number of anilines is 2. The van der Waals surface area contributed by atoms with Crippen LogP contribution >= 0.6 is 0 Å². The number of carbonyl (C=O) groups excluding carboxylic acids is 1. The van der Waals surface area contributed by atoms with Gasteiger partial charge in [-0.15, -0.1) is 0 Å². The smallest absolute Gasteiger partial charge is 0.293 e. The van der Waals surface area contributed by atoms with Crippen molar-refractivity contribution >= 4 is 32.8 Å². The van der Waals surface area contributed by atoms with E-state index in [1.807, 2.05) is 4.90 Å². The van der Waals surface area contributed by atoms with Gasteiger partial charge in [0.1, 0.15) is 5.69 Å². The zero-order valence-corrected chi connectivity index (χ0v) is 15.5. The van der Waals surface area contributed by atoms with E-state index in [1.165, 1.54) is 24.3 Å². The Morgan fingerprint density at radius 1 is 1.15 bits per heavy atom. The number of benzene rings is 2. The van der Waals surface area contributed by atoms with Crippen LogP contribution in [0.15, 0.2) is 47.4 Å². The topological polar surface area (TPSA) is 110 Å². The lowest BCUT2D eigenvalue weighted by atomic mass is 10.1. The van der Waals surface area contributed by atoms with E-state index in [9.17, 15) is 23.3 Å². The van der Waals surface area contributed by atoms with Crippen molar-refractivity contribution in [2.45, 2.75) is 17.7 Å². The number of hydrogen-bond acceptors (Lipinski definition) is 6. The summed E-state index contributed by atoms with van der Waals surface area (Å²) >= 11 is 0. The summed E-state index contributed by atoms with van der Waals surface area (Å²) in [6.45, 7) is 1.49. The predicted molar refractivity (Wildman–Crippen MR) is 102 cm³/mol. The van der Waals surface area contributed by atoms with Crippen molar-refractivity contribution < 1.29 is 18.1 Å². The molecule has 1 aliphatic heterocycles. The molecule has 1 N–H and O–H groups in total. The molecule has 9 heteroatoms. The maximum atomic E-state index is 12.6. The van der Waals surface area contributed by atoms with E-state index in [-0.39, 0.29) is 21.8 Å². The fourth-order valence-electron chi connectivity index (χ4n) is 3.12. The molecule has 2 aromatic carbocycles. The molecule has 0 saturated carbocycles. The Morgan fingerprint density at radius 2 is 1.81 bits per heavy atom. The molecule has 0 spiro atoms. The highest BCUT2D eigenvalue weighted by Gasteiger charge is 2.24. The second-order valence-corrected chi connectivity index (χ2v) is 8.36. The Bertz CT molecular complexity index is 998. The van der Waals surface area contributed by atoms with Gasteiger partial charge in [-0.25, -0.2) is 8.42 Å². The minimum Gasteiger partial charge on any atom is -0.366 e. The third-order valence-corrected chi connectivity index (χ3v) is 5.57. The van der Waals surface area contributed by atoms with Crippen molar-refractivity contribution in [3.05, 3.63) is 58.1 Å². The first-order valence-electron chi connectivity index (χ1n) is 8.41. The molecule has 1 heterocycles. The fraction of sp³-hybridized carbons (Fsp3) is 0.278. The van der Waals surface area contributed by atoms with Gasteiger partial charge in [0.2, 0.25) is 0 Å². The van der Waals surface area contributed by atoms with E-state index in [0.29, 0.717) is 5.69 Å². The summed E-state index contributed by atoms with van der Waals surface area (Å²) in [6.07, 6.45) is 3.00. The minimum absolute atomic E-state index is 0.0125. The molecule has 0 unspecified atom stereocenters. The number of rotatable bonds is 5. The van der Waals surface area contributed by atoms with Crippen LogP contribution in [0.1, 0.15) is 23.2 Å². The van der Waals surface area contributed by atoms with Crippen molar-refractivity contribution in [2.24, 2.45) is 0 Å². The standard InChI is InChI=1S/C18H19N3O5S/c1-27(25,26)17-7-3-2-6-14(17)19-18(22)13-8-9-15(16(12-13)21(23)24)20-10-4-5-11-20/h2-3,6-9,12H,4-5,10-11H2,1H3,(H,19,22). The lowest BCUT2D eigenvalue weighted by molar-refractivity contribution is -0.384. The molecule has 3 rings (SSSR count). The lowest BCUT2D eigenvalue weighted by Gasteiger charge is -2.18. The van der Waals surface area contributed by atoms with Crippen LogP contribution in [0.2, 0.25) is 0 Å². The van der Waals surface area contributed by atoms with Crippen LogP contribution < -0.4 is 10.2 Å². The molecule has 1 amide bonds. The predicted octanol–water partition coefficient (Wildman–Crippen LogP) is 2.85. The maximum Gasteiger partial charge on any atom is 0.293 e. The largest absolute Gasteiger partial charge is 0.366 e. The first-order valence-corrected chi connectivity index (χ1v) is 10.3. The van der Waals surface area contributed by atoms with Gasteiger partial charge in [-0.3, -0.25) is 14.9 Å². The second-order valence-electron chi connectivity index (χ2n) is 6.38. The molecule has 2 aromatic rings. The molecule has 8 nitrogen and oxygen atoms in total. The number of para-hydroxylation sites is 1. The molecule has 1 aliphatic rings. The Hall–Kier alpha value is -2.94. The Labute approximate surface area is 156 Å². The van der Waals surface area contributed by atoms with Gasteiger partial charge >= 0.3 is 0 Å². The summed E-state index contributed by atoms with van der Waals surface area (Å²) in [5.74, 6) is -0.609. The van der Waals surface area contributed by atoms with Gasteiger partial charge in [-0.1, -0.05) is 12.1 Å². The van der Waals surface area contributed by atoms with Crippen LogP contribution in [0.3, 0.4) is 0 Å². The van der Waals surface area contributed by atoms with Crippen molar-refractivity contribution in [1.29, 1.82) is 0 Å². The van der Waals surface area contributed by atoms with Gasteiger partial charge in [0.05, 0.1) is 15.5 Å². The number of carbonyl (C=O) groups is 1. The Morgan fingerprint density at radius 3 is 2.44 bits per heavy atom. The minimum atomic E-state index is -3.53. The van der Waals surface area contributed by atoms with Crippen LogP contribution in [-0.4, -0.2) is 38.6 Å². The van der Waals surface area contributed by atoms with Gasteiger partial charge in [-0.05, 0) is 37.1 Å². The summed E-state index contributed by atoms with van der Waals surface area (Å²) in [4.78, 5) is 25.4. The number of nitro groups is 1. The van der Waals surface area contributed by atoms with E-state index in [0.717, 1.165) is 32.2 Å². The van der Waals surface area contributed by atoms with Gasteiger partial charge in [0.25, 0.3) is 11.6 Å². The van der Waals surface area contributed by atoms with Crippen molar-refractivity contribution in [2.75, 3.05) is 29.6 Å². The lowest BCUT2D eigenvalue weighted by Crippen LogP contribution is -2.20. The van der Waals surface area contributed by atoms with E-state index in [4.69, 9.17) is 0 Å². The molecular weight excluding hydrogens is 370 g/mol. The Balaban J connectivity index is 1.92. The fourth-order valence-corrected chi connectivity index (χ4v) is 3.97. The zero-order chi connectivity index (χ0) is 19.6. The third-order valence-electron chi connectivity index (χ3n) is 4.42. The van der Waals surface area contributed by atoms with Crippen LogP contribution in [-0.2, 0) is 9.84 Å². The summed E-state index contributed by atoms with van der Waals surface area (Å²) in [5, 5.41) is 14.0. The highest BCUT2D eigenvalue weighted by molar-refractivity contribution is 7.90. The molecule has 0 bridgehead atoms. The first-order chi connectivity index (χ1) is 12.8. The highest BCUT2D eigenvalue weighted by atomic mass is 32.2. The monoisotopic (exact) mass is 389 g/mol. The van der Waals surface area contributed by atoms with Crippen molar-refractivity contribution in [1.82, 2.24) is 0 Å². The van der Waals surface area contributed by atoms with Gasteiger partial charge < -0.3 is 10.2 Å². The van der Waals surface area contributed by atoms with Crippen molar-refractivity contribution in [3.63, 3.8) is 0 Å². The first kappa shape index (κ1) is 18.8. The van der Waals surface area contributed by atoms with E-state index >= 15 is 0 Å². The van der Waals surface area contributed by atoms with Gasteiger partial charge in [0.15, 0.2) is 9.84 Å². The number of nitrogens with one attached hydrogen (secondary N) is 1. The average molecular weight is 389 g/mol. The quantitative estimate of drug-likeness (QED) is 0.622. The molecule has 1 saturated heterocycles. The maximum absolute atomic E-state index is 12.6. The molecule has 0 aromatic heterocycles. The summed E-state index contributed by atoms with van der Waals surface area (Å²) < 4.78 is 23.7. The number of amides is 1. The second kappa shape index (κ2) is 7.36. The molecule has 1 fully saturated rings. The average Bonchev–Trinajstić information content (AvgIpc) is 3.15. The highest BCUT2D eigenvalue weighted by Crippen LogP contribution is 2.32. The summed E-state index contributed by atoms with van der Waals surface area (Å²) in [5.41, 5.74) is 0.579.